The second-order valence-electron chi connectivity index (χ2n) is 4.82. The first-order valence-electron chi connectivity index (χ1n) is 6.96. The topological polar surface area (TPSA) is 88.0 Å². The molecule has 0 aliphatic carbocycles. The van der Waals surface area contributed by atoms with Crippen molar-refractivity contribution in [2.75, 3.05) is 21.3 Å². The van der Waals surface area contributed by atoms with Crippen molar-refractivity contribution in [3.63, 3.8) is 0 Å². The summed E-state index contributed by atoms with van der Waals surface area (Å²) in [6, 6.07) is 9.92. The number of ether oxygens (including phenoxy) is 2. The van der Waals surface area contributed by atoms with Gasteiger partial charge in [-0.1, -0.05) is 6.07 Å². The summed E-state index contributed by atoms with van der Waals surface area (Å²) in [4.78, 5) is 12.2. The van der Waals surface area contributed by atoms with Crippen molar-refractivity contribution < 1.29 is 24.5 Å². The quantitative estimate of drug-likeness (QED) is 0.731. The Bertz CT molecular complexity index is 712. The molecule has 1 amide bonds. The van der Waals surface area contributed by atoms with Crippen LogP contribution < -0.4 is 14.8 Å². The molecule has 0 bridgehead atoms. The Kier molecular flexibility index (Phi) is 5.20. The maximum absolute atomic E-state index is 12.2. The molecule has 0 spiro atoms. The standard InChI is InChI=1S/C17H19NO5/c1-18-16(19)14-8-10(22-2)4-6-12(14)13-7-5-11(23-3)9-15(13)17(20)21/h4-9,17,20-21H,1-3H3,(H,18,19). The number of methoxy groups -OCH3 is 2. The molecule has 2 aromatic carbocycles. The predicted octanol–water partition coefficient (Wildman–Crippen LogP) is 1.71. The predicted molar refractivity (Wildman–Crippen MR) is 85.6 cm³/mol. The molecule has 0 heterocycles. The monoisotopic (exact) mass is 317 g/mol. The Hall–Kier alpha value is -2.57. The molecular formula is C17H19NO5. The van der Waals surface area contributed by atoms with E-state index in [1.54, 1.807) is 30.3 Å². The lowest BCUT2D eigenvalue weighted by molar-refractivity contribution is -0.0421. The average Bonchev–Trinajstić information content (AvgIpc) is 2.59. The number of nitrogens with one attached hydrogen (secondary N) is 1. The zero-order valence-corrected chi connectivity index (χ0v) is 13.2. The molecule has 3 N–H and O–H groups in total. The highest BCUT2D eigenvalue weighted by Gasteiger charge is 2.18. The number of amides is 1. The lowest BCUT2D eigenvalue weighted by atomic mass is 9.94. The van der Waals surface area contributed by atoms with Crippen LogP contribution in [0, 0.1) is 0 Å². The molecule has 0 radical (unpaired) electrons. The molecule has 23 heavy (non-hydrogen) atoms. The highest BCUT2D eigenvalue weighted by molar-refractivity contribution is 6.01. The van der Waals surface area contributed by atoms with Crippen LogP contribution in [0.5, 0.6) is 11.5 Å². The molecule has 0 aromatic heterocycles. The molecule has 6 heteroatoms. The van der Waals surface area contributed by atoms with Crippen molar-refractivity contribution in [1.29, 1.82) is 0 Å². The van der Waals surface area contributed by atoms with E-state index in [9.17, 15) is 15.0 Å². The second kappa shape index (κ2) is 7.13. The van der Waals surface area contributed by atoms with Crippen LogP contribution in [0.2, 0.25) is 0 Å². The first-order valence-corrected chi connectivity index (χ1v) is 6.96. The lowest BCUT2D eigenvalue weighted by Crippen LogP contribution is -2.19. The third kappa shape index (κ3) is 3.44. The fourth-order valence-corrected chi connectivity index (χ4v) is 2.33. The highest BCUT2D eigenvalue weighted by Crippen LogP contribution is 2.34. The fourth-order valence-electron chi connectivity index (χ4n) is 2.33. The van der Waals surface area contributed by atoms with Gasteiger partial charge in [-0.2, -0.15) is 0 Å². The summed E-state index contributed by atoms with van der Waals surface area (Å²) < 4.78 is 10.3. The zero-order valence-electron chi connectivity index (χ0n) is 13.2. The van der Waals surface area contributed by atoms with Gasteiger partial charge in [0.05, 0.1) is 19.8 Å². The van der Waals surface area contributed by atoms with Gasteiger partial charge in [-0.05, 0) is 41.5 Å². The van der Waals surface area contributed by atoms with Gasteiger partial charge in [0.2, 0.25) is 0 Å². The third-order valence-electron chi connectivity index (χ3n) is 3.53. The number of hydrogen-bond donors (Lipinski definition) is 3. The van der Waals surface area contributed by atoms with E-state index < -0.39 is 6.29 Å². The highest BCUT2D eigenvalue weighted by atomic mass is 16.5. The summed E-state index contributed by atoms with van der Waals surface area (Å²) in [5, 5.41) is 21.9. The van der Waals surface area contributed by atoms with Gasteiger partial charge in [0, 0.05) is 12.6 Å². The molecule has 0 saturated carbocycles. The molecule has 0 atom stereocenters. The van der Waals surface area contributed by atoms with Crippen molar-refractivity contribution in [3.05, 3.63) is 47.5 Å². The summed E-state index contributed by atoms with van der Waals surface area (Å²) in [7, 11) is 4.53. The van der Waals surface area contributed by atoms with Gasteiger partial charge in [-0.15, -0.1) is 0 Å². The Morgan fingerprint density at radius 2 is 1.57 bits per heavy atom. The van der Waals surface area contributed by atoms with Crippen molar-refractivity contribution in [2.45, 2.75) is 6.29 Å². The van der Waals surface area contributed by atoms with Gasteiger partial charge in [0.15, 0.2) is 6.29 Å². The number of hydrogen-bond acceptors (Lipinski definition) is 5. The molecule has 122 valence electrons. The van der Waals surface area contributed by atoms with E-state index in [1.807, 2.05) is 0 Å². The number of carbonyl (C=O) groups is 1. The fraction of sp³-hybridized carbons (Fsp3) is 0.235. The molecule has 2 rings (SSSR count). The van der Waals surface area contributed by atoms with Gasteiger partial charge in [-0.3, -0.25) is 4.79 Å². The van der Waals surface area contributed by atoms with Crippen LogP contribution in [0.25, 0.3) is 11.1 Å². The maximum atomic E-state index is 12.2. The first kappa shape index (κ1) is 16.8. The van der Waals surface area contributed by atoms with Gasteiger partial charge in [-0.25, -0.2) is 0 Å². The van der Waals surface area contributed by atoms with E-state index in [0.29, 0.717) is 28.2 Å². The van der Waals surface area contributed by atoms with Crippen LogP contribution in [0.1, 0.15) is 22.2 Å². The number of aliphatic hydroxyl groups is 2. The Morgan fingerprint density at radius 1 is 1.00 bits per heavy atom. The van der Waals surface area contributed by atoms with Crippen molar-refractivity contribution in [2.24, 2.45) is 0 Å². The summed E-state index contributed by atoms with van der Waals surface area (Å²) >= 11 is 0. The van der Waals surface area contributed by atoms with Gasteiger partial charge >= 0.3 is 0 Å². The third-order valence-corrected chi connectivity index (χ3v) is 3.53. The van der Waals surface area contributed by atoms with Crippen LogP contribution in [-0.4, -0.2) is 37.4 Å². The van der Waals surface area contributed by atoms with E-state index in [4.69, 9.17) is 9.47 Å². The van der Waals surface area contributed by atoms with Crippen molar-refractivity contribution >= 4 is 5.91 Å². The smallest absolute Gasteiger partial charge is 0.251 e. The molecule has 0 aliphatic heterocycles. The SMILES string of the molecule is CNC(=O)c1cc(OC)ccc1-c1ccc(OC)cc1C(O)O. The van der Waals surface area contributed by atoms with E-state index in [0.717, 1.165) is 0 Å². The second-order valence-corrected chi connectivity index (χ2v) is 4.82. The Morgan fingerprint density at radius 3 is 2.09 bits per heavy atom. The number of benzene rings is 2. The van der Waals surface area contributed by atoms with Crippen LogP contribution in [0.3, 0.4) is 0 Å². The number of rotatable bonds is 5. The minimum atomic E-state index is -1.69. The summed E-state index contributed by atoms with van der Waals surface area (Å²) in [5.41, 5.74) is 1.72. The Balaban J connectivity index is 2.68. The normalized spacial score (nSPS) is 10.5. The average molecular weight is 317 g/mol. The molecule has 6 nitrogen and oxygen atoms in total. The number of carbonyl (C=O) groups excluding carboxylic acids is 1. The largest absolute Gasteiger partial charge is 0.497 e. The first-order chi connectivity index (χ1) is 11.0. The Labute approximate surface area is 134 Å². The summed E-state index contributed by atoms with van der Waals surface area (Å²) in [6.07, 6.45) is -1.69. The lowest BCUT2D eigenvalue weighted by Gasteiger charge is -2.16. The molecule has 0 saturated heterocycles. The molecule has 0 fully saturated rings. The van der Waals surface area contributed by atoms with E-state index >= 15 is 0 Å². The summed E-state index contributed by atoms with van der Waals surface area (Å²) in [6.45, 7) is 0. The van der Waals surface area contributed by atoms with Crippen LogP contribution in [0.4, 0.5) is 0 Å². The minimum absolute atomic E-state index is 0.250. The van der Waals surface area contributed by atoms with E-state index in [2.05, 4.69) is 5.32 Å². The number of aliphatic hydroxyl groups excluding tert-OH is 1. The van der Waals surface area contributed by atoms with Crippen molar-refractivity contribution in [3.8, 4) is 22.6 Å². The molecular weight excluding hydrogens is 298 g/mol. The molecule has 0 aliphatic rings. The minimum Gasteiger partial charge on any atom is -0.497 e. The van der Waals surface area contributed by atoms with Gasteiger partial charge < -0.3 is 25.0 Å². The van der Waals surface area contributed by atoms with E-state index in [1.165, 1.54) is 27.3 Å². The maximum Gasteiger partial charge on any atom is 0.251 e. The van der Waals surface area contributed by atoms with Crippen molar-refractivity contribution in [1.82, 2.24) is 5.32 Å². The van der Waals surface area contributed by atoms with E-state index in [-0.39, 0.29) is 11.5 Å². The zero-order chi connectivity index (χ0) is 17.0. The molecule has 0 unspecified atom stereocenters. The summed E-state index contributed by atoms with van der Waals surface area (Å²) in [5.74, 6) is 0.729. The van der Waals surface area contributed by atoms with Crippen LogP contribution >= 0.6 is 0 Å². The van der Waals surface area contributed by atoms with Gasteiger partial charge in [0.25, 0.3) is 5.91 Å². The molecule has 2 aromatic rings. The van der Waals surface area contributed by atoms with Gasteiger partial charge in [0.1, 0.15) is 11.5 Å². The van der Waals surface area contributed by atoms with Crippen LogP contribution in [0.15, 0.2) is 36.4 Å². The van der Waals surface area contributed by atoms with Crippen LogP contribution in [-0.2, 0) is 0 Å².